The maximum atomic E-state index is 11.7. The third kappa shape index (κ3) is 5.35. The van der Waals surface area contributed by atoms with Gasteiger partial charge in [0, 0.05) is 0 Å². The molecule has 230 valence electrons. The molecule has 1 aliphatic heterocycles. The Kier molecular flexibility index (Phi) is 9.16. The zero-order valence-corrected chi connectivity index (χ0v) is 25.4. The molecule has 40 heavy (non-hydrogen) atoms. The van der Waals surface area contributed by atoms with Crippen LogP contribution in [0.3, 0.4) is 0 Å². The number of aliphatic hydroxyl groups excluding tert-OH is 5. The molecule has 5 rings (SSSR count). The normalized spacial score (nSPS) is 49.7. The van der Waals surface area contributed by atoms with Gasteiger partial charge < -0.3 is 35.0 Å². The molecular formula is C33H56O7. The van der Waals surface area contributed by atoms with Crippen LogP contribution in [-0.2, 0) is 9.47 Å². The van der Waals surface area contributed by atoms with Crippen LogP contribution in [0, 0.1) is 46.3 Å². The maximum Gasteiger partial charge on any atom is 0.186 e. The predicted molar refractivity (Wildman–Crippen MR) is 153 cm³/mol. The summed E-state index contributed by atoms with van der Waals surface area (Å²) in [6.45, 7) is 11.6. The van der Waals surface area contributed by atoms with E-state index in [1.165, 1.54) is 44.1 Å². The molecule has 0 aromatic carbocycles. The number of hydrogen-bond acceptors (Lipinski definition) is 7. The minimum absolute atomic E-state index is 0.0292. The van der Waals surface area contributed by atoms with E-state index in [1.807, 2.05) is 0 Å². The van der Waals surface area contributed by atoms with E-state index in [0.29, 0.717) is 29.6 Å². The van der Waals surface area contributed by atoms with E-state index >= 15 is 0 Å². The van der Waals surface area contributed by atoms with Crippen molar-refractivity contribution >= 4 is 0 Å². The molecule has 7 heteroatoms. The van der Waals surface area contributed by atoms with E-state index < -0.39 is 43.4 Å². The van der Waals surface area contributed by atoms with Gasteiger partial charge in [-0.2, -0.15) is 0 Å². The molecule has 14 atom stereocenters. The van der Waals surface area contributed by atoms with Crippen molar-refractivity contribution in [3.8, 4) is 0 Å². The van der Waals surface area contributed by atoms with Crippen molar-refractivity contribution in [1.29, 1.82) is 0 Å². The summed E-state index contributed by atoms with van der Waals surface area (Å²) in [7, 11) is 0. The van der Waals surface area contributed by atoms with Crippen LogP contribution >= 0.6 is 0 Å². The molecule has 0 radical (unpaired) electrons. The number of ether oxygens (including phenoxy) is 2. The molecule has 5 N–H and O–H groups in total. The number of aliphatic hydroxyl groups is 5. The highest BCUT2D eigenvalue weighted by Crippen LogP contribution is 2.67. The van der Waals surface area contributed by atoms with Gasteiger partial charge in [0.1, 0.15) is 24.4 Å². The molecule has 3 saturated carbocycles. The highest BCUT2D eigenvalue weighted by atomic mass is 16.7. The Bertz CT molecular complexity index is 905. The SMILES string of the molecule is CC(C)CCC[C@@H](C)[C@H]1CC[C@H]2[C@@H]3[C@@H](O)C=C4C[C@@H](O[C@H]5O[C@H](CO)[C@@H](O)[C@H](O)[C@@H]5O)CC[C@]4(C)[C@H]3CC[C@]12C. The molecule has 0 aromatic heterocycles. The second-order valence-corrected chi connectivity index (χ2v) is 15.1. The van der Waals surface area contributed by atoms with Crippen LogP contribution in [-0.4, -0.2) is 75.1 Å². The fraction of sp³-hybridized carbons (Fsp3) is 0.939. The fourth-order valence-corrected chi connectivity index (χ4v) is 10.1. The first-order valence-electron chi connectivity index (χ1n) is 16.3. The minimum atomic E-state index is -1.44. The van der Waals surface area contributed by atoms with Crippen LogP contribution in [0.2, 0.25) is 0 Å². The lowest BCUT2D eigenvalue weighted by Gasteiger charge is -2.59. The molecule has 0 bridgehead atoms. The summed E-state index contributed by atoms with van der Waals surface area (Å²) in [5, 5.41) is 52.0. The topological polar surface area (TPSA) is 120 Å². The highest BCUT2D eigenvalue weighted by molar-refractivity contribution is 5.28. The highest BCUT2D eigenvalue weighted by Gasteiger charge is 2.61. The van der Waals surface area contributed by atoms with Crippen LogP contribution in [0.5, 0.6) is 0 Å². The molecule has 0 unspecified atom stereocenters. The van der Waals surface area contributed by atoms with Crippen LogP contribution in [0.25, 0.3) is 0 Å². The Morgan fingerprint density at radius 1 is 0.925 bits per heavy atom. The molecule has 5 aliphatic rings. The average molecular weight is 565 g/mol. The van der Waals surface area contributed by atoms with Crippen LogP contribution < -0.4 is 0 Å². The van der Waals surface area contributed by atoms with Gasteiger partial charge in [0.2, 0.25) is 0 Å². The van der Waals surface area contributed by atoms with Crippen molar-refractivity contribution in [2.75, 3.05) is 6.61 Å². The third-order valence-corrected chi connectivity index (χ3v) is 12.5. The first-order valence-corrected chi connectivity index (χ1v) is 16.3. The summed E-state index contributed by atoms with van der Waals surface area (Å²) in [4.78, 5) is 0. The lowest BCUT2D eigenvalue weighted by molar-refractivity contribution is -0.313. The molecule has 1 heterocycles. The van der Waals surface area contributed by atoms with Crippen molar-refractivity contribution < 1.29 is 35.0 Å². The van der Waals surface area contributed by atoms with Crippen LogP contribution in [0.4, 0.5) is 0 Å². The number of fused-ring (bicyclic) bond motifs is 5. The number of hydrogen-bond donors (Lipinski definition) is 5. The van der Waals surface area contributed by atoms with E-state index in [1.54, 1.807) is 0 Å². The zero-order valence-electron chi connectivity index (χ0n) is 25.4. The van der Waals surface area contributed by atoms with Gasteiger partial charge in [0.15, 0.2) is 6.29 Å². The quantitative estimate of drug-likeness (QED) is 0.281. The molecule has 0 aromatic rings. The smallest absolute Gasteiger partial charge is 0.186 e. The summed E-state index contributed by atoms with van der Waals surface area (Å²) >= 11 is 0. The Morgan fingerprint density at radius 2 is 1.68 bits per heavy atom. The Morgan fingerprint density at radius 3 is 2.38 bits per heavy atom. The Labute approximate surface area is 241 Å². The molecular weight excluding hydrogens is 508 g/mol. The van der Waals surface area contributed by atoms with Gasteiger partial charge in [-0.1, -0.05) is 65.5 Å². The Balaban J connectivity index is 1.28. The maximum absolute atomic E-state index is 11.7. The van der Waals surface area contributed by atoms with Crippen molar-refractivity contribution in [2.45, 2.75) is 142 Å². The van der Waals surface area contributed by atoms with E-state index in [9.17, 15) is 25.5 Å². The third-order valence-electron chi connectivity index (χ3n) is 12.5. The molecule has 4 fully saturated rings. The largest absolute Gasteiger partial charge is 0.394 e. The number of rotatable bonds is 8. The monoisotopic (exact) mass is 564 g/mol. The van der Waals surface area contributed by atoms with Crippen molar-refractivity contribution in [1.82, 2.24) is 0 Å². The predicted octanol–water partition coefficient (Wildman–Crippen LogP) is 4.18. The van der Waals surface area contributed by atoms with Gasteiger partial charge in [-0.3, -0.25) is 0 Å². The van der Waals surface area contributed by atoms with Gasteiger partial charge in [-0.05, 0) is 91.3 Å². The Hall–Kier alpha value is -0.540. The summed E-state index contributed by atoms with van der Waals surface area (Å²) in [5.41, 5.74) is 1.59. The molecule has 0 spiro atoms. The summed E-state index contributed by atoms with van der Waals surface area (Å²) < 4.78 is 11.8. The first kappa shape index (κ1) is 30.9. The van der Waals surface area contributed by atoms with Gasteiger partial charge in [0.25, 0.3) is 0 Å². The molecule has 4 aliphatic carbocycles. The molecule has 1 saturated heterocycles. The molecule has 7 nitrogen and oxygen atoms in total. The van der Waals surface area contributed by atoms with Gasteiger partial charge in [0.05, 0.1) is 18.8 Å². The van der Waals surface area contributed by atoms with E-state index in [2.05, 4.69) is 40.7 Å². The summed E-state index contributed by atoms with van der Waals surface area (Å²) in [6.07, 6.45) is 6.47. The zero-order chi connectivity index (χ0) is 29.0. The van der Waals surface area contributed by atoms with Crippen molar-refractivity contribution in [2.24, 2.45) is 46.3 Å². The standard InChI is InChI=1S/C33H56O7/c1-18(2)7-6-8-19(3)22-9-10-23-27-24(12-14-33(22,23)5)32(4)13-11-21(15-20(32)16-25(27)35)39-31-30(38)29(37)28(36)26(17-34)40-31/h16,18-19,21-31,34-38H,6-15,17H2,1-5H3/t19-,21+,22-,23+,24+,25+,26-,27+,28-,29+,30+,31+,32+,33-/m1/s1. The lowest BCUT2D eigenvalue weighted by atomic mass is 9.46. The average Bonchev–Trinajstić information content (AvgIpc) is 3.26. The summed E-state index contributed by atoms with van der Waals surface area (Å²) in [5.74, 6) is 3.59. The molecule has 0 amide bonds. The fourth-order valence-electron chi connectivity index (χ4n) is 10.1. The lowest BCUT2D eigenvalue weighted by Crippen LogP contribution is -2.60. The minimum Gasteiger partial charge on any atom is -0.394 e. The first-order chi connectivity index (χ1) is 18.9. The van der Waals surface area contributed by atoms with Crippen LogP contribution in [0.15, 0.2) is 11.6 Å². The van der Waals surface area contributed by atoms with E-state index in [0.717, 1.165) is 37.0 Å². The van der Waals surface area contributed by atoms with Crippen LogP contribution in [0.1, 0.15) is 98.8 Å². The second-order valence-electron chi connectivity index (χ2n) is 15.1. The van der Waals surface area contributed by atoms with Gasteiger partial charge in [-0.15, -0.1) is 0 Å². The van der Waals surface area contributed by atoms with Crippen molar-refractivity contribution in [3.63, 3.8) is 0 Å². The van der Waals surface area contributed by atoms with E-state index in [-0.39, 0.29) is 11.5 Å². The van der Waals surface area contributed by atoms with Gasteiger partial charge in [-0.25, -0.2) is 0 Å². The summed E-state index contributed by atoms with van der Waals surface area (Å²) in [6, 6.07) is 0. The van der Waals surface area contributed by atoms with Gasteiger partial charge >= 0.3 is 0 Å². The van der Waals surface area contributed by atoms with Crippen molar-refractivity contribution in [3.05, 3.63) is 11.6 Å². The van der Waals surface area contributed by atoms with E-state index in [4.69, 9.17) is 9.47 Å². The second kappa shape index (κ2) is 11.9.